The fourth-order valence-corrected chi connectivity index (χ4v) is 2.45. The van der Waals surface area contributed by atoms with Crippen LogP contribution in [0.4, 0.5) is 0 Å². The number of aliphatic hydroxyl groups excluding tert-OH is 1. The molecule has 0 heterocycles. The van der Waals surface area contributed by atoms with Gasteiger partial charge in [0, 0.05) is 6.54 Å². The van der Waals surface area contributed by atoms with E-state index < -0.39 is 54.5 Å². The number of aliphatic carboxylic acids is 1. The van der Waals surface area contributed by atoms with Gasteiger partial charge in [0.1, 0.15) is 24.2 Å². The third-order valence-electron chi connectivity index (χ3n) is 4.63. The lowest BCUT2D eigenvalue weighted by Crippen LogP contribution is -2.58. The van der Waals surface area contributed by atoms with Crippen molar-refractivity contribution in [2.45, 2.75) is 64.2 Å². The molecule has 0 saturated carbocycles. The maximum absolute atomic E-state index is 12.9. The summed E-state index contributed by atoms with van der Waals surface area (Å²) in [5, 5.41) is 25.4. The van der Waals surface area contributed by atoms with Crippen LogP contribution in [0.5, 0.6) is 0 Å². The van der Waals surface area contributed by atoms with E-state index in [1.165, 1.54) is 6.92 Å². The van der Waals surface area contributed by atoms with Crippen LogP contribution < -0.4 is 33.2 Å². The zero-order chi connectivity index (χ0) is 24.1. The highest BCUT2D eigenvalue weighted by Crippen LogP contribution is 2.10. The fourth-order valence-electron chi connectivity index (χ4n) is 2.45. The molecular formula is C18H35N7O6. The lowest BCUT2D eigenvalue weighted by Gasteiger charge is -2.27. The Morgan fingerprint density at radius 2 is 1.61 bits per heavy atom. The molecule has 0 aromatic rings. The fraction of sp³-hybridized carbons (Fsp3) is 0.722. The molecule has 0 bridgehead atoms. The highest BCUT2D eigenvalue weighted by atomic mass is 16.4. The van der Waals surface area contributed by atoms with E-state index in [1.54, 1.807) is 6.92 Å². The Morgan fingerprint density at radius 3 is 2.10 bits per heavy atom. The average molecular weight is 446 g/mol. The van der Waals surface area contributed by atoms with E-state index in [1.807, 2.05) is 6.92 Å². The van der Waals surface area contributed by atoms with Crippen molar-refractivity contribution in [1.29, 1.82) is 0 Å². The molecular weight excluding hydrogens is 410 g/mol. The molecule has 0 spiro atoms. The molecule has 5 unspecified atom stereocenters. The molecule has 11 N–H and O–H groups in total. The first-order chi connectivity index (χ1) is 14.4. The molecule has 0 rings (SSSR count). The zero-order valence-corrected chi connectivity index (χ0v) is 18.1. The minimum atomic E-state index is -1.23. The number of carboxylic acid groups (broad SMARTS) is 1. The van der Waals surface area contributed by atoms with Gasteiger partial charge >= 0.3 is 5.97 Å². The number of hydrogen-bond acceptors (Lipinski definition) is 7. The number of aliphatic imine (C=N–C) groups is 1. The quantitative estimate of drug-likeness (QED) is 0.0769. The van der Waals surface area contributed by atoms with Gasteiger partial charge in [0.2, 0.25) is 17.7 Å². The van der Waals surface area contributed by atoms with Crippen LogP contribution in [-0.2, 0) is 19.2 Å². The Bertz CT molecular complexity index is 653. The Morgan fingerprint density at radius 1 is 1.00 bits per heavy atom. The predicted molar refractivity (Wildman–Crippen MR) is 114 cm³/mol. The molecule has 0 aromatic carbocycles. The summed E-state index contributed by atoms with van der Waals surface area (Å²) in [5.74, 6) is -3.72. The molecule has 0 fully saturated rings. The Labute approximate surface area is 181 Å². The highest BCUT2D eigenvalue weighted by molar-refractivity contribution is 5.94. The number of nitrogens with two attached hydrogens (primary N) is 3. The third-order valence-corrected chi connectivity index (χ3v) is 4.63. The van der Waals surface area contributed by atoms with Crippen molar-refractivity contribution in [3.8, 4) is 0 Å². The first kappa shape index (κ1) is 28.1. The number of hydrogen-bond donors (Lipinski definition) is 8. The molecule has 5 atom stereocenters. The first-order valence-corrected chi connectivity index (χ1v) is 10.00. The summed E-state index contributed by atoms with van der Waals surface area (Å²) < 4.78 is 0. The monoisotopic (exact) mass is 445 g/mol. The summed E-state index contributed by atoms with van der Waals surface area (Å²) in [6.07, 6.45) is 0.982. The van der Waals surface area contributed by atoms with E-state index in [4.69, 9.17) is 27.4 Å². The first-order valence-electron chi connectivity index (χ1n) is 10.00. The molecule has 0 aliphatic carbocycles. The van der Waals surface area contributed by atoms with Gasteiger partial charge in [0.25, 0.3) is 0 Å². The minimum absolute atomic E-state index is 0.121. The molecule has 178 valence electrons. The predicted octanol–water partition coefficient (Wildman–Crippen LogP) is -3.04. The third kappa shape index (κ3) is 10.6. The van der Waals surface area contributed by atoms with Crippen LogP contribution in [0.15, 0.2) is 4.99 Å². The minimum Gasteiger partial charge on any atom is -0.480 e. The number of rotatable bonds is 14. The molecule has 13 heteroatoms. The van der Waals surface area contributed by atoms with E-state index in [2.05, 4.69) is 20.9 Å². The molecule has 13 nitrogen and oxygen atoms in total. The van der Waals surface area contributed by atoms with Crippen molar-refractivity contribution in [2.24, 2.45) is 28.1 Å². The number of nitrogens with zero attached hydrogens (tertiary/aromatic N) is 1. The van der Waals surface area contributed by atoms with Gasteiger partial charge in [-0.1, -0.05) is 20.3 Å². The Kier molecular flexibility index (Phi) is 12.8. The maximum atomic E-state index is 12.9. The number of nitrogens with one attached hydrogen (secondary N) is 3. The van der Waals surface area contributed by atoms with Crippen LogP contribution in [0.2, 0.25) is 0 Å². The van der Waals surface area contributed by atoms with Crippen LogP contribution in [0, 0.1) is 5.92 Å². The lowest BCUT2D eigenvalue weighted by molar-refractivity contribution is -0.142. The average Bonchev–Trinajstić information content (AvgIpc) is 2.71. The molecule has 0 radical (unpaired) electrons. The molecule has 0 saturated heterocycles. The van der Waals surface area contributed by atoms with Crippen molar-refractivity contribution in [3.05, 3.63) is 0 Å². The van der Waals surface area contributed by atoms with Crippen LogP contribution in [0.25, 0.3) is 0 Å². The summed E-state index contributed by atoms with van der Waals surface area (Å²) >= 11 is 0. The summed E-state index contributed by atoms with van der Waals surface area (Å²) in [4.78, 5) is 52.3. The van der Waals surface area contributed by atoms with Gasteiger partial charge < -0.3 is 43.4 Å². The van der Waals surface area contributed by atoms with Crippen molar-refractivity contribution in [2.75, 3.05) is 13.2 Å². The Hall–Kier alpha value is -2.93. The number of amides is 3. The summed E-state index contributed by atoms with van der Waals surface area (Å²) in [6.45, 7) is 4.44. The number of guanidine groups is 1. The van der Waals surface area contributed by atoms with E-state index >= 15 is 0 Å². The zero-order valence-electron chi connectivity index (χ0n) is 18.1. The van der Waals surface area contributed by atoms with E-state index in [9.17, 15) is 19.2 Å². The highest BCUT2D eigenvalue weighted by Gasteiger charge is 2.31. The van der Waals surface area contributed by atoms with Gasteiger partial charge in [-0.2, -0.15) is 0 Å². The van der Waals surface area contributed by atoms with Gasteiger partial charge in [-0.15, -0.1) is 0 Å². The Balaban J connectivity index is 5.43. The summed E-state index contributed by atoms with van der Waals surface area (Å²) in [6, 6.07) is -4.47. The molecule has 31 heavy (non-hydrogen) atoms. The van der Waals surface area contributed by atoms with E-state index in [0.29, 0.717) is 12.8 Å². The van der Waals surface area contributed by atoms with Gasteiger partial charge in [0.05, 0.1) is 6.61 Å². The number of carbonyl (C=O) groups excluding carboxylic acids is 3. The van der Waals surface area contributed by atoms with Gasteiger partial charge in [-0.25, -0.2) is 0 Å². The van der Waals surface area contributed by atoms with E-state index in [0.717, 1.165) is 0 Å². The molecule has 0 aromatic heterocycles. The van der Waals surface area contributed by atoms with Crippen LogP contribution >= 0.6 is 0 Å². The maximum Gasteiger partial charge on any atom is 0.325 e. The molecule has 0 aliphatic rings. The van der Waals surface area contributed by atoms with Gasteiger partial charge in [-0.05, 0) is 25.7 Å². The van der Waals surface area contributed by atoms with Crippen LogP contribution in [0.1, 0.15) is 40.0 Å². The van der Waals surface area contributed by atoms with Crippen molar-refractivity contribution in [3.63, 3.8) is 0 Å². The summed E-state index contributed by atoms with van der Waals surface area (Å²) in [5.41, 5.74) is 16.0. The normalized spacial score (nSPS) is 15.5. The second-order valence-corrected chi connectivity index (χ2v) is 7.24. The van der Waals surface area contributed by atoms with Crippen molar-refractivity contribution >= 4 is 29.7 Å². The number of carbonyl (C=O) groups is 4. The lowest BCUT2D eigenvalue weighted by atomic mass is 9.97. The van der Waals surface area contributed by atoms with Crippen molar-refractivity contribution < 1.29 is 29.4 Å². The second kappa shape index (κ2) is 14.1. The van der Waals surface area contributed by atoms with Crippen LogP contribution in [0.3, 0.4) is 0 Å². The molecule has 0 aliphatic heterocycles. The summed E-state index contributed by atoms with van der Waals surface area (Å²) in [7, 11) is 0. The second-order valence-electron chi connectivity index (χ2n) is 7.24. The number of carboxylic acids is 1. The van der Waals surface area contributed by atoms with Crippen LogP contribution in [-0.4, -0.2) is 77.2 Å². The van der Waals surface area contributed by atoms with E-state index in [-0.39, 0.29) is 24.8 Å². The smallest absolute Gasteiger partial charge is 0.325 e. The van der Waals surface area contributed by atoms with Gasteiger partial charge in [0.15, 0.2) is 5.96 Å². The van der Waals surface area contributed by atoms with Crippen molar-refractivity contribution in [1.82, 2.24) is 16.0 Å². The van der Waals surface area contributed by atoms with Gasteiger partial charge in [-0.3, -0.25) is 24.2 Å². The topological polar surface area (TPSA) is 235 Å². The molecule has 3 amide bonds. The SMILES string of the molecule is CCC(C)C(NC(=O)C(N)CO)C(=O)NC(CCCN=C(N)N)C(=O)NC(C)C(=O)O. The standard InChI is InChI=1S/C18H35N7O6/c1-4-9(2)13(25-14(27)11(19)8-26)16(29)24-12(6-5-7-22-18(20)21)15(28)23-10(3)17(30)31/h9-13,26H,4-8,19H2,1-3H3,(H,23,28)(H,24,29)(H,25,27)(H,30,31)(H4,20,21,22). The number of aliphatic hydroxyl groups is 1. The largest absolute Gasteiger partial charge is 0.480 e.